The number of nitrogens with one attached hydrogen (secondary N) is 1. The Bertz CT molecular complexity index is 931. The highest BCUT2D eigenvalue weighted by atomic mass is 35.5. The van der Waals surface area contributed by atoms with Gasteiger partial charge in [-0.15, -0.1) is 10.2 Å². The lowest BCUT2D eigenvalue weighted by atomic mass is 10.2. The van der Waals surface area contributed by atoms with Gasteiger partial charge in [-0.1, -0.05) is 71.5 Å². The first-order valence-corrected chi connectivity index (χ1v) is 10.1. The van der Waals surface area contributed by atoms with Crippen LogP contribution in [0, 0.1) is 6.92 Å². The SMILES string of the molecule is CCc1nnc(NC(=O)c2nc(SCc3cccc(C)c3)ncc2Cl)s1. The number of thioether (sulfide) groups is 1. The first-order valence-electron chi connectivity index (χ1n) is 7.89. The number of hydrogen-bond donors (Lipinski definition) is 1. The molecule has 9 heteroatoms. The van der Waals surface area contributed by atoms with E-state index in [0.717, 1.165) is 11.4 Å². The van der Waals surface area contributed by atoms with Crippen molar-refractivity contribution < 1.29 is 4.79 Å². The Morgan fingerprint density at radius 3 is 2.92 bits per heavy atom. The topological polar surface area (TPSA) is 80.7 Å². The predicted molar refractivity (Wildman–Crippen MR) is 105 cm³/mol. The molecule has 0 fully saturated rings. The number of amides is 1. The Labute approximate surface area is 164 Å². The molecule has 0 aliphatic carbocycles. The fraction of sp³-hybridized carbons (Fsp3) is 0.235. The van der Waals surface area contributed by atoms with Gasteiger partial charge in [-0.05, 0) is 18.9 Å². The zero-order valence-corrected chi connectivity index (χ0v) is 16.6. The molecule has 1 amide bonds. The number of aromatic nitrogens is 4. The summed E-state index contributed by atoms with van der Waals surface area (Å²) in [4.78, 5) is 20.9. The number of hydrogen-bond acceptors (Lipinski definition) is 7. The van der Waals surface area contributed by atoms with Crippen molar-refractivity contribution >= 4 is 45.7 Å². The van der Waals surface area contributed by atoms with Crippen molar-refractivity contribution in [3.63, 3.8) is 0 Å². The second kappa shape index (κ2) is 8.57. The second-order valence-electron chi connectivity index (χ2n) is 5.44. The highest BCUT2D eigenvalue weighted by Gasteiger charge is 2.16. The van der Waals surface area contributed by atoms with Gasteiger partial charge in [-0.3, -0.25) is 10.1 Å². The van der Waals surface area contributed by atoms with Gasteiger partial charge in [-0.2, -0.15) is 0 Å². The molecule has 0 bridgehead atoms. The van der Waals surface area contributed by atoms with E-state index in [2.05, 4.69) is 31.5 Å². The van der Waals surface area contributed by atoms with Gasteiger partial charge in [0.05, 0.1) is 11.2 Å². The summed E-state index contributed by atoms with van der Waals surface area (Å²) in [6.45, 7) is 4.03. The average molecular weight is 406 g/mol. The zero-order valence-electron chi connectivity index (χ0n) is 14.2. The molecule has 134 valence electrons. The highest BCUT2D eigenvalue weighted by Crippen LogP contribution is 2.23. The van der Waals surface area contributed by atoms with Crippen LogP contribution < -0.4 is 5.32 Å². The molecule has 0 radical (unpaired) electrons. The van der Waals surface area contributed by atoms with Gasteiger partial charge >= 0.3 is 0 Å². The average Bonchev–Trinajstić information content (AvgIpc) is 3.08. The van der Waals surface area contributed by atoms with E-state index in [1.54, 1.807) is 0 Å². The van der Waals surface area contributed by atoms with Crippen LogP contribution >= 0.6 is 34.7 Å². The molecule has 6 nitrogen and oxygen atoms in total. The van der Waals surface area contributed by atoms with Crippen molar-refractivity contribution in [2.45, 2.75) is 31.2 Å². The van der Waals surface area contributed by atoms with E-state index in [1.807, 2.05) is 32.0 Å². The van der Waals surface area contributed by atoms with E-state index in [9.17, 15) is 4.79 Å². The van der Waals surface area contributed by atoms with Gasteiger partial charge in [0.15, 0.2) is 10.9 Å². The molecule has 1 N–H and O–H groups in total. The van der Waals surface area contributed by atoms with E-state index in [-0.39, 0.29) is 10.7 Å². The Morgan fingerprint density at radius 1 is 1.35 bits per heavy atom. The number of aryl methyl sites for hydroxylation is 2. The highest BCUT2D eigenvalue weighted by molar-refractivity contribution is 7.98. The largest absolute Gasteiger partial charge is 0.295 e. The molecule has 3 aromatic rings. The quantitative estimate of drug-likeness (QED) is 0.483. The molecule has 0 unspecified atom stereocenters. The molecule has 1 aromatic carbocycles. The van der Waals surface area contributed by atoms with E-state index >= 15 is 0 Å². The van der Waals surface area contributed by atoms with Crippen molar-refractivity contribution in [1.29, 1.82) is 0 Å². The summed E-state index contributed by atoms with van der Waals surface area (Å²) in [5.74, 6) is 0.286. The third-order valence-corrected chi connectivity index (χ3v) is 5.57. The summed E-state index contributed by atoms with van der Waals surface area (Å²) in [5.41, 5.74) is 2.49. The fourth-order valence-electron chi connectivity index (χ4n) is 2.13. The zero-order chi connectivity index (χ0) is 18.5. The molecule has 0 aliphatic rings. The van der Waals surface area contributed by atoms with Crippen molar-refractivity contribution in [3.05, 3.63) is 57.3 Å². The van der Waals surface area contributed by atoms with Gasteiger partial charge in [-0.25, -0.2) is 9.97 Å². The monoisotopic (exact) mass is 405 g/mol. The fourth-order valence-corrected chi connectivity index (χ4v) is 3.74. The lowest BCUT2D eigenvalue weighted by molar-refractivity contribution is 0.102. The molecule has 2 aromatic heterocycles. The summed E-state index contributed by atoms with van der Waals surface area (Å²) in [7, 11) is 0. The Balaban J connectivity index is 1.71. The normalized spacial score (nSPS) is 10.7. The molecule has 0 aliphatic heterocycles. The van der Waals surface area contributed by atoms with Gasteiger partial charge in [0.1, 0.15) is 5.01 Å². The van der Waals surface area contributed by atoms with Crippen molar-refractivity contribution in [2.75, 3.05) is 5.32 Å². The molecule has 0 saturated heterocycles. The van der Waals surface area contributed by atoms with Gasteiger partial charge < -0.3 is 0 Å². The van der Waals surface area contributed by atoms with Gasteiger partial charge in [0.2, 0.25) is 5.13 Å². The van der Waals surface area contributed by atoms with Crippen LogP contribution in [0.1, 0.15) is 33.5 Å². The maximum Gasteiger partial charge on any atom is 0.277 e. The minimum atomic E-state index is -0.423. The van der Waals surface area contributed by atoms with Crippen LogP contribution in [-0.4, -0.2) is 26.1 Å². The number of rotatable bonds is 6. The Kier molecular flexibility index (Phi) is 6.18. The maximum absolute atomic E-state index is 12.4. The van der Waals surface area contributed by atoms with Gasteiger partial charge in [0, 0.05) is 5.75 Å². The predicted octanol–water partition coefficient (Wildman–Crippen LogP) is 4.40. The summed E-state index contributed by atoms with van der Waals surface area (Å²) in [6, 6.07) is 8.22. The first kappa shape index (κ1) is 18.8. The van der Waals surface area contributed by atoms with E-state index in [4.69, 9.17) is 11.6 Å². The number of carbonyl (C=O) groups is 1. The number of carbonyl (C=O) groups excluding carboxylic acids is 1. The second-order valence-corrected chi connectivity index (χ2v) is 7.85. The minimum absolute atomic E-state index is 0.127. The number of halogens is 1. The first-order chi connectivity index (χ1) is 12.5. The molecule has 3 rings (SSSR count). The van der Waals surface area contributed by atoms with Crippen LogP contribution in [0.15, 0.2) is 35.6 Å². The van der Waals surface area contributed by atoms with Crippen molar-refractivity contribution in [3.8, 4) is 0 Å². The molecular formula is C17H16ClN5OS2. The molecule has 0 spiro atoms. The van der Waals surface area contributed by atoms with Crippen LogP contribution in [0.4, 0.5) is 5.13 Å². The Hall–Kier alpha value is -2.03. The molecular weight excluding hydrogens is 390 g/mol. The van der Waals surface area contributed by atoms with Gasteiger partial charge in [0.25, 0.3) is 5.91 Å². The summed E-state index contributed by atoms with van der Waals surface area (Å²) in [5, 5.41) is 12.6. The summed E-state index contributed by atoms with van der Waals surface area (Å²) >= 11 is 8.88. The van der Waals surface area contributed by atoms with E-state index in [0.29, 0.717) is 16.0 Å². The molecule has 2 heterocycles. The number of benzene rings is 1. The van der Waals surface area contributed by atoms with E-state index < -0.39 is 5.91 Å². The molecule has 0 saturated carbocycles. The Morgan fingerprint density at radius 2 is 2.19 bits per heavy atom. The number of anilines is 1. The minimum Gasteiger partial charge on any atom is -0.295 e. The van der Waals surface area contributed by atoms with Crippen LogP contribution in [-0.2, 0) is 12.2 Å². The third-order valence-electron chi connectivity index (χ3n) is 3.38. The van der Waals surface area contributed by atoms with Crippen LogP contribution in [0.2, 0.25) is 5.02 Å². The summed E-state index contributed by atoms with van der Waals surface area (Å²) < 4.78 is 0. The number of nitrogens with zero attached hydrogens (tertiary/aromatic N) is 4. The van der Waals surface area contributed by atoms with Crippen molar-refractivity contribution in [1.82, 2.24) is 20.2 Å². The third kappa shape index (κ3) is 4.78. The van der Waals surface area contributed by atoms with Crippen LogP contribution in [0.3, 0.4) is 0 Å². The van der Waals surface area contributed by atoms with Crippen LogP contribution in [0.5, 0.6) is 0 Å². The molecule has 26 heavy (non-hydrogen) atoms. The van der Waals surface area contributed by atoms with Crippen LogP contribution in [0.25, 0.3) is 0 Å². The molecule has 0 atom stereocenters. The lowest BCUT2D eigenvalue weighted by Gasteiger charge is -2.06. The lowest BCUT2D eigenvalue weighted by Crippen LogP contribution is -2.15. The smallest absolute Gasteiger partial charge is 0.277 e. The summed E-state index contributed by atoms with van der Waals surface area (Å²) in [6.07, 6.45) is 2.21. The van der Waals surface area contributed by atoms with Crippen molar-refractivity contribution in [2.24, 2.45) is 0 Å². The van der Waals surface area contributed by atoms with E-state index in [1.165, 1.54) is 40.4 Å². The maximum atomic E-state index is 12.4. The standard InChI is InChI=1S/C17H16ClN5OS2/c1-3-13-22-23-17(26-13)21-15(24)14-12(18)8-19-16(20-14)25-9-11-6-4-5-10(2)7-11/h4-8H,3,9H2,1-2H3,(H,21,23,24).